The van der Waals surface area contributed by atoms with E-state index in [4.69, 9.17) is 4.74 Å². The van der Waals surface area contributed by atoms with E-state index in [0.29, 0.717) is 59.7 Å². The molecule has 3 amide bonds. The molecule has 1 atom stereocenters. The van der Waals surface area contributed by atoms with Crippen molar-refractivity contribution in [2.24, 2.45) is 10.2 Å². The average Bonchev–Trinajstić information content (AvgIpc) is 3.66. The molecule has 11 nitrogen and oxygen atoms in total. The van der Waals surface area contributed by atoms with Gasteiger partial charge >= 0.3 is 6.03 Å². The molecular weight excluding hydrogens is 518 g/mol. The Balaban J connectivity index is 1.20. The number of thiophene rings is 1. The van der Waals surface area contributed by atoms with Gasteiger partial charge in [-0.15, -0.1) is 11.3 Å². The topological polar surface area (TPSA) is 119 Å². The predicted molar refractivity (Wildman–Crippen MR) is 147 cm³/mol. The molecule has 12 heteroatoms. The quantitative estimate of drug-likeness (QED) is 0.590. The Morgan fingerprint density at radius 1 is 1.08 bits per heavy atom. The van der Waals surface area contributed by atoms with Crippen LogP contribution in [-0.4, -0.2) is 92.1 Å². The highest BCUT2D eigenvalue weighted by molar-refractivity contribution is 7.15. The van der Waals surface area contributed by atoms with Crippen LogP contribution >= 0.6 is 11.3 Å². The van der Waals surface area contributed by atoms with Gasteiger partial charge in [-0.3, -0.25) is 15.0 Å². The third kappa shape index (κ3) is 4.89. The maximum atomic E-state index is 13.7. The summed E-state index contributed by atoms with van der Waals surface area (Å²) in [5, 5.41) is 13.4. The molecule has 1 aliphatic carbocycles. The molecule has 0 saturated carbocycles. The summed E-state index contributed by atoms with van der Waals surface area (Å²) in [5.74, 6) is -0.191. The molecule has 39 heavy (non-hydrogen) atoms. The van der Waals surface area contributed by atoms with Gasteiger partial charge in [-0.1, -0.05) is 12.1 Å². The minimum atomic E-state index is -0.516. The minimum absolute atomic E-state index is 0.0133. The van der Waals surface area contributed by atoms with E-state index in [2.05, 4.69) is 40.0 Å². The fourth-order valence-electron chi connectivity index (χ4n) is 5.57. The maximum absolute atomic E-state index is 13.7. The van der Waals surface area contributed by atoms with Gasteiger partial charge in [-0.05, 0) is 50.7 Å². The van der Waals surface area contributed by atoms with Crippen LogP contribution in [0.1, 0.15) is 49.4 Å². The van der Waals surface area contributed by atoms with Gasteiger partial charge in [0, 0.05) is 32.2 Å². The Morgan fingerprint density at radius 2 is 1.85 bits per heavy atom. The van der Waals surface area contributed by atoms with Crippen molar-refractivity contribution in [2.75, 3.05) is 58.8 Å². The molecule has 4 aliphatic rings. The van der Waals surface area contributed by atoms with Crippen LogP contribution in [0.3, 0.4) is 0 Å². The van der Waals surface area contributed by atoms with E-state index in [1.807, 2.05) is 23.1 Å². The first kappa shape index (κ1) is 25.8. The van der Waals surface area contributed by atoms with Gasteiger partial charge in [0.1, 0.15) is 11.7 Å². The zero-order chi connectivity index (χ0) is 27.1. The molecule has 0 bridgehead atoms. The van der Waals surface area contributed by atoms with E-state index >= 15 is 0 Å². The second-order valence-electron chi connectivity index (χ2n) is 10.3. The van der Waals surface area contributed by atoms with Gasteiger partial charge in [-0.25, -0.2) is 9.80 Å². The Bertz CT molecular complexity index is 1370. The highest BCUT2D eigenvalue weighted by atomic mass is 32.1. The number of anilines is 1. The Morgan fingerprint density at radius 3 is 2.59 bits per heavy atom. The minimum Gasteiger partial charge on any atom is -0.379 e. The maximum Gasteiger partial charge on any atom is 0.333 e. The number of hydrogen-bond acceptors (Lipinski definition) is 9. The van der Waals surface area contributed by atoms with Gasteiger partial charge in [0.25, 0.3) is 5.91 Å². The van der Waals surface area contributed by atoms with Crippen LogP contribution in [-0.2, 0) is 4.74 Å². The highest BCUT2D eigenvalue weighted by Gasteiger charge is 2.42. The normalized spacial score (nSPS) is 21.5. The summed E-state index contributed by atoms with van der Waals surface area (Å²) >= 11 is 1.34. The summed E-state index contributed by atoms with van der Waals surface area (Å²) < 4.78 is 5.32. The number of nitrogens with one attached hydrogen (secondary N) is 2. The third-order valence-corrected chi connectivity index (χ3v) is 8.80. The van der Waals surface area contributed by atoms with Crippen LogP contribution < -0.4 is 10.7 Å². The van der Waals surface area contributed by atoms with E-state index in [-0.39, 0.29) is 11.7 Å². The van der Waals surface area contributed by atoms with Crippen molar-refractivity contribution in [2.45, 2.75) is 24.9 Å². The molecule has 3 aliphatic heterocycles. The van der Waals surface area contributed by atoms with Gasteiger partial charge in [0.15, 0.2) is 5.78 Å². The number of likely N-dealkylation sites (tertiary alicyclic amines) is 1. The molecule has 6 rings (SSSR count). The molecule has 4 heterocycles. The van der Waals surface area contributed by atoms with E-state index < -0.39 is 12.1 Å². The van der Waals surface area contributed by atoms with Crippen molar-refractivity contribution < 1.29 is 19.1 Å². The van der Waals surface area contributed by atoms with Gasteiger partial charge < -0.3 is 19.9 Å². The lowest BCUT2D eigenvalue weighted by Crippen LogP contribution is -2.49. The summed E-state index contributed by atoms with van der Waals surface area (Å²) in [6.07, 6.45) is 1.91. The molecule has 204 valence electrons. The van der Waals surface area contributed by atoms with Gasteiger partial charge in [0.05, 0.1) is 39.8 Å². The Kier molecular flexibility index (Phi) is 7.02. The SMILES string of the molecule is CN(C)C1CCN(C(=O)c2ccc(C3=C4C(=O)c5c(NC(=O)NN6CCOCC6)cccc5C4N=N3)s2)CC1. The van der Waals surface area contributed by atoms with Crippen LogP contribution in [0.25, 0.3) is 5.70 Å². The second kappa shape index (κ2) is 10.6. The molecule has 2 fully saturated rings. The molecule has 2 aromatic rings. The largest absolute Gasteiger partial charge is 0.379 e. The zero-order valence-corrected chi connectivity index (χ0v) is 22.8. The van der Waals surface area contributed by atoms with Crippen molar-refractivity contribution in [3.05, 3.63) is 56.8 Å². The van der Waals surface area contributed by atoms with Crippen molar-refractivity contribution >= 4 is 40.4 Å². The number of amides is 3. The number of hydrazine groups is 1. The monoisotopic (exact) mass is 549 g/mol. The Labute approximate surface area is 230 Å². The summed E-state index contributed by atoms with van der Waals surface area (Å²) in [6, 6.07) is 8.59. The molecule has 1 aromatic heterocycles. The molecule has 1 unspecified atom stereocenters. The number of benzene rings is 1. The number of morpholine rings is 1. The lowest BCUT2D eigenvalue weighted by Gasteiger charge is -2.35. The van der Waals surface area contributed by atoms with Crippen LogP contribution in [0.4, 0.5) is 10.5 Å². The first-order chi connectivity index (χ1) is 18.9. The first-order valence-corrected chi connectivity index (χ1v) is 14.0. The van der Waals surface area contributed by atoms with Crippen molar-refractivity contribution in [1.29, 1.82) is 0 Å². The fraction of sp³-hybridized carbons (Fsp3) is 0.444. The molecule has 2 saturated heterocycles. The molecule has 2 N–H and O–H groups in total. The summed E-state index contributed by atoms with van der Waals surface area (Å²) in [7, 11) is 4.15. The summed E-state index contributed by atoms with van der Waals surface area (Å²) in [4.78, 5) is 45.0. The molecular formula is C27H31N7O4S. The lowest BCUT2D eigenvalue weighted by atomic mass is 10.0. The van der Waals surface area contributed by atoms with Crippen molar-refractivity contribution in [1.82, 2.24) is 20.2 Å². The van der Waals surface area contributed by atoms with E-state index in [0.717, 1.165) is 36.4 Å². The summed E-state index contributed by atoms with van der Waals surface area (Å²) in [5.41, 5.74) is 5.38. The summed E-state index contributed by atoms with van der Waals surface area (Å²) in [6.45, 7) is 3.75. The van der Waals surface area contributed by atoms with Crippen molar-refractivity contribution in [3.8, 4) is 0 Å². The highest BCUT2D eigenvalue weighted by Crippen LogP contribution is 2.49. The standard InChI is InChI=1S/C27H31N7O4S/c1-32(2)16-8-10-33(11-9-16)26(36)20-7-6-19(39-20)24-22-23(29-30-24)17-4-3-5-18(21(17)25(22)35)28-27(37)31-34-12-14-38-15-13-34/h3-7,16,23H,8-15H2,1-2H3,(H2,28,31,37). The number of carbonyl (C=O) groups excluding carboxylic acids is 3. The predicted octanol–water partition coefficient (Wildman–Crippen LogP) is 3.40. The fourth-order valence-corrected chi connectivity index (χ4v) is 6.54. The van der Waals surface area contributed by atoms with Crippen LogP contribution in [0.2, 0.25) is 0 Å². The van der Waals surface area contributed by atoms with Crippen LogP contribution in [0.5, 0.6) is 0 Å². The number of urea groups is 1. The van der Waals surface area contributed by atoms with Crippen LogP contribution in [0, 0.1) is 0 Å². The number of Topliss-reactive ketones (excluding diaryl/α,β-unsaturated/α-hetero) is 1. The number of rotatable bonds is 5. The first-order valence-electron chi connectivity index (χ1n) is 13.2. The number of piperidine rings is 1. The average molecular weight is 550 g/mol. The number of nitrogens with zero attached hydrogens (tertiary/aromatic N) is 5. The number of ketones is 1. The van der Waals surface area contributed by atoms with E-state index in [1.165, 1.54) is 11.3 Å². The molecule has 0 spiro atoms. The third-order valence-electron chi connectivity index (χ3n) is 7.72. The second-order valence-corrected chi connectivity index (χ2v) is 11.4. The number of azo groups is 1. The van der Waals surface area contributed by atoms with Crippen LogP contribution in [0.15, 0.2) is 46.1 Å². The zero-order valence-electron chi connectivity index (χ0n) is 22.0. The van der Waals surface area contributed by atoms with Gasteiger partial charge in [-0.2, -0.15) is 10.2 Å². The molecule has 0 radical (unpaired) electrons. The van der Waals surface area contributed by atoms with E-state index in [9.17, 15) is 14.4 Å². The lowest BCUT2D eigenvalue weighted by molar-refractivity contribution is 0.0207. The number of ether oxygens (including phenoxy) is 1. The van der Waals surface area contributed by atoms with Gasteiger partial charge in [0.2, 0.25) is 0 Å². The Hall–Kier alpha value is -3.45. The number of carbonyl (C=O) groups is 3. The molecule has 1 aromatic carbocycles. The number of fused-ring (bicyclic) bond motifs is 3. The van der Waals surface area contributed by atoms with Crippen molar-refractivity contribution in [3.63, 3.8) is 0 Å². The van der Waals surface area contributed by atoms with E-state index in [1.54, 1.807) is 17.1 Å². The number of hydrogen-bond donors (Lipinski definition) is 2. The smallest absolute Gasteiger partial charge is 0.333 e.